The van der Waals surface area contributed by atoms with Crippen LogP contribution in [-0.4, -0.2) is 41.6 Å². The van der Waals surface area contributed by atoms with E-state index >= 15 is 0 Å². The lowest BCUT2D eigenvalue weighted by Crippen LogP contribution is -2.42. The highest BCUT2D eigenvalue weighted by molar-refractivity contribution is 7.98. The molecule has 1 aliphatic heterocycles. The number of nitrogens with zero attached hydrogens (tertiary/aromatic N) is 1. The summed E-state index contributed by atoms with van der Waals surface area (Å²) in [5, 5.41) is 13.0. The predicted octanol–water partition coefficient (Wildman–Crippen LogP) is 0.882. The molecule has 1 rings (SSSR count). The van der Waals surface area contributed by atoms with Crippen LogP contribution in [0.2, 0.25) is 0 Å². The van der Waals surface area contributed by atoms with Gasteiger partial charge in [-0.3, -0.25) is 4.99 Å². The highest BCUT2D eigenvalue weighted by atomic mass is 32.2. The molecule has 76 valence electrons. The van der Waals surface area contributed by atoms with Gasteiger partial charge in [-0.1, -0.05) is 0 Å². The van der Waals surface area contributed by atoms with E-state index in [9.17, 15) is 5.11 Å². The fourth-order valence-corrected chi connectivity index (χ4v) is 2.06. The van der Waals surface area contributed by atoms with Gasteiger partial charge in [-0.05, 0) is 19.6 Å². The number of rotatable bonds is 4. The molecule has 0 bridgehead atoms. The van der Waals surface area contributed by atoms with Gasteiger partial charge in [-0.25, -0.2) is 0 Å². The van der Waals surface area contributed by atoms with E-state index in [1.165, 1.54) is 0 Å². The molecule has 1 aliphatic rings. The summed E-state index contributed by atoms with van der Waals surface area (Å²) in [5.41, 5.74) is -0.621. The van der Waals surface area contributed by atoms with Gasteiger partial charge in [0.25, 0.3) is 0 Å². The topological polar surface area (TPSA) is 44.6 Å². The molecule has 1 atom stereocenters. The molecule has 0 saturated carbocycles. The number of amidine groups is 1. The molecule has 0 amide bonds. The number of aliphatic imine (C=N–C) groups is 1. The monoisotopic (exact) mass is 202 g/mol. The number of thioether (sulfide) groups is 1. The van der Waals surface area contributed by atoms with E-state index in [4.69, 9.17) is 0 Å². The molecule has 4 heteroatoms. The van der Waals surface area contributed by atoms with Gasteiger partial charge in [0.2, 0.25) is 0 Å². The Labute approximate surface area is 84.0 Å². The molecule has 13 heavy (non-hydrogen) atoms. The van der Waals surface area contributed by atoms with E-state index < -0.39 is 5.60 Å². The SMILES string of the molecule is CSCC(C)(O)CNC1=NCCC1. The van der Waals surface area contributed by atoms with Crippen molar-refractivity contribution in [2.75, 3.05) is 25.1 Å². The van der Waals surface area contributed by atoms with Crippen LogP contribution in [-0.2, 0) is 0 Å². The molecule has 3 nitrogen and oxygen atoms in total. The zero-order valence-electron chi connectivity index (χ0n) is 8.34. The molecule has 0 aromatic carbocycles. The van der Waals surface area contributed by atoms with E-state index in [1.807, 2.05) is 13.2 Å². The number of hydrogen-bond donors (Lipinski definition) is 2. The van der Waals surface area contributed by atoms with Gasteiger partial charge in [-0.2, -0.15) is 11.8 Å². The van der Waals surface area contributed by atoms with Gasteiger partial charge >= 0.3 is 0 Å². The molecule has 0 aromatic heterocycles. The van der Waals surface area contributed by atoms with Crippen LogP contribution >= 0.6 is 11.8 Å². The molecule has 1 heterocycles. The average molecular weight is 202 g/mol. The van der Waals surface area contributed by atoms with Gasteiger partial charge in [0.15, 0.2) is 0 Å². The highest BCUT2D eigenvalue weighted by Crippen LogP contribution is 2.10. The molecule has 0 saturated heterocycles. The highest BCUT2D eigenvalue weighted by Gasteiger charge is 2.20. The molecule has 0 aliphatic carbocycles. The van der Waals surface area contributed by atoms with Crippen molar-refractivity contribution in [3.63, 3.8) is 0 Å². The zero-order chi connectivity index (χ0) is 9.73. The standard InChI is InChI=1S/C9H18N2OS/c1-9(12,7-13-2)6-11-8-4-3-5-10-8/h12H,3-7H2,1-2H3,(H,10,11). The summed E-state index contributed by atoms with van der Waals surface area (Å²) in [6.07, 6.45) is 4.18. The molecule has 0 radical (unpaired) electrons. The first-order valence-corrected chi connectivity index (χ1v) is 6.02. The molecule has 0 spiro atoms. The summed E-state index contributed by atoms with van der Waals surface area (Å²) in [7, 11) is 0. The minimum Gasteiger partial charge on any atom is -0.387 e. The molecular weight excluding hydrogens is 184 g/mol. The van der Waals surface area contributed by atoms with Crippen LogP contribution in [0.3, 0.4) is 0 Å². The summed E-state index contributed by atoms with van der Waals surface area (Å²) in [6.45, 7) is 3.39. The zero-order valence-corrected chi connectivity index (χ0v) is 9.15. The quantitative estimate of drug-likeness (QED) is 0.711. The maximum absolute atomic E-state index is 9.84. The Kier molecular flexibility index (Phi) is 4.06. The Bertz CT molecular complexity index is 192. The Morgan fingerprint density at radius 2 is 2.46 bits per heavy atom. The predicted molar refractivity (Wildman–Crippen MR) is 58.5 cm³/mol. The fourth-order valence-electron chi connectivity index (χ4n) is 1.34. The number of nitrogens with one attached hydrogen (secondary N) is 1. The van der Waals surface area contributed by atoms with Crippen molar-refractivity contribution in [3.05, 3.63) is 0 Å². The van der Waals surface area contributed by atoms with Crippen LogP contribution in [0.5, 0.6) is 0 Å². The van der Waals surface area contributed by atoms with Crippen LogP contribution in [0.15, 0.2) is 4.99 Å². The second kappa shape index (κ2) is 4.86. The van der Waals surface area contributed by atoms with Crippen LogP contribution in [0.1, 0.15) is 19.8 Å². The lowest BCUT2D eigenvalue weighted by Gasteiger charge is -2.22. The first-order chi connectivity index (χ1) is 6.14. The second-order valence-electron chi connectivity index (χ2n) is 3.72. The van der Waals surface area contributed by atoms with Gasteiger partial charge in [0.05, 0.1) is 11.4 Å². The first-order valence-electron chi connectivity index (χ1n) is 4.62. The Morgan fingerprint density at radius 1 is 1.69 bits per heavy atom. The van der Waals surface area contributed by atoms with E-state index in [2.05, 4.69) is 10.3 Å². The minimum atomic E-state index is -0.621. The van der Waals surface area contributed by atoms with Gasteiger partial charge in [-0.15, -0.1) is 0 Å². The second-order valence-corrected chi connectivity index (χ2v) is 4.58. The lowest BCUT2D eigenvalue weighted by atomic mass is 10.1. The van der Waals surface area contributed by atoms with Gasteiger partial charge in [0, 0.05) is 25.3 Å². The van der Waals surface area contributed by atoms with E-state index in [1.54, 1.807) is 11.8 Å². The Morgan fingerprint density at radius 3 is 3.00 bits per heavy atom. The number of aliphatic hydroxyl groups is 1. The fraction of sp³-hybridized carbons (Fsp3) is 0.889. The van der Waals surface area contributed by atoms with Crippen LogP contribution in [0, 0.1) is 0 Å². The normalized spacial score (nSPS) is 21.0. The van der Waals surface area contributed by atoms with Crippen molar-refractivity contribution in [1.82, 2.24) is 5.32 Å². The number of hydrogen-bond acceptors (Lipinski definition) is 4. The third-order valence-electron chi connectivity index (χ3n) is 2.00. The maximum atomic E-state index is 9.84. The maximum Gasteiger partial charge on any atom is 0.0964 e. The Hall–Kier alpha value is -0.220. The van der Waals surface area contributed by atoms with Crippen molar-refractivity contribution in [2.45, 2.75) is 25.4 Å². The van der Waals surface area contributed by atoms with Crippen molar-refractivity contribution < 1.29 is 5.11 Å². The van der Waals surface area contributed by atoms with Crippen LogP contribution < -0.4 is 5.32 Å². The van der Waals surface area contributed by atoms with Crippen molar-refractivity contribution in [1.29, 1.82) is 0 Å². The van der Waals surface area contributed by atoms with Crippen LogP contribution in [0.4, 0.5) is 0 Å². The molecule has 0 fully saturated rings. The Balaban J connectivity index is 2.23. The summed E-state index contributed by atoms with van der Waals surface area (Å²) >= 11 is 1.66. The van der Waals surface area contributed by atoms with Gasteiger partial charge < -0.3 is 10.4 Å². The summed E-state index contributed by atoms with van der Waals surface area (Å²) in [5.74, 6) is 1.81. The summed E-state index contributed by atoms with van der Waals surface area (Å²) in [4.78, 5) is 4.29. The average Bonchev–Trinajstić information content (AvgIpc) is 2.52. The van der Waals surface area contributed by atoms with Crippen molar-refractivity contribution in [3.8, 4) is 0 Å². The van der Waals surface area contributed by atoms with E-state index in [-0.39, 0.29) is 0 Å². The minimum absolute atomic E-state index is 0.604. The third kappa shape index (κ3) is 4.00. The first kappa shape index (κ1) is 10.9. The summed E-state index contributed by atoms with van der Waals surface area (Å²) in [6, 6.07) is 0. The van der Waals surface area contributed by atoms with Crippen LogP contribution in [0.25, 0.3) is 0 Å². The van der Waals surface area contributed by atoms with Crippen molar-refractivity contribution >= 4 is 17.6 Å². The van der Waals surface area contributed by atoms with Gasteiger partial charge in [0.1, 0.15) is 0 Å². The molecule has 2 N–H and O–H groups in total. The largest absolute Gasteiger partial charge is 0.387 e. The smallest absolute Gasteiger partial charge is 0.0964 e. The summed E-state index contributed by atoms with van der Waals surface area (Å²) < 4.78 is 0. The molecule has 1 unspecified atom stereocenters. The van der Waals surface area contributed by atoms with E-state index in [0.717, 1.165) is 31.0 Å². The van der Waals surface area contributed by atoms with E-state index in [0.29, 0.717) is 6.54 Å². The third-order valence-corrected chi connectivity index (χ3v) is 2.91. The van der Waals surface area contributed by atoms with Crippen molar-refractivity contribution in [2.24, 2.45) is 4.99 Å². The molecule has 0 aromatic rings. The lowest BCUT2D eigenvalue weighted by molar-refractivity contribution is 0.0900. The molecular formula is C9H18N2OS.